The minimum Gasteiger partial charge on any atom is -0.320 e. The van der Waals surface area contributed by atoms with Crippen molar-refractivity contribution in [3.63, 3.8) is 0 Å². The van der Waals surface area contributed by atoms with E-state index in [4.69, 9.17) is 10.7 Å². The zero-order valence-corrected chi connectivity index (χ0v) is 14.0. The van der Waals surface area contributed by atoms with Gasteiger partial charge in [-0.05, 0) is 58.7 Å². The highest BCUT2D eigenvalue weighted by Gasteiger charge is 2.13. The maximum Gasteiger partial charge on any atom is 0.274 e. The van der Waals surface area contributed by atoms with Gasteiger partial charge in [-0.1, -0.05) is 0 Å². The predicted octanol–water partition coefficient (Wildman–Crippen LogP) is 3.33. The van der Waals surface area contributed by atoms with Crippen molar-refractivity contribution in [1.82, 2.24) is 4.98 Å². The number of nitrogens with one attached hydrogen (secondary N) is 1. The van der Waals surface area contributed by atoms with Gasteiger partial charge < -0.3 is 5.32 Å². The number of hydrogen-bond donors (Lipinski definition) is 1. The first-order valence-corrected chi connectivity index (χ1v) is 8.86. The first kappa shape index (κ1) is 15.9. The van der Waals surface area contributed by atoms with Gasteiger partial charge >= 0.3 is 0 Å². The van der Waals surface area contributed by atoms with Gasteiger partial charge in [0.15, 0.2) is 0 Å². The van der Waals surface area contributed by atoms with Crippen LogP contribution in [0.5, 0.6) is 0 Å². The highest BCUT2D eigenvalue weighted by molar-refractivity contribution is 9.10. The van der Waals surface area contributed by atoms with Crippen molar-refractivity contribution in [2.45, 2.75) is 11.8 Å². The van der Waals surface area contributed by atoms with Crippen molar-refractivity contribution in [1.29, 1.82) is 0 Å². The average Bonchev–Trinajstić information content (AvgIpc) is 2.40. The SMILES string of the molecule is Cc1cc(S(=O)(=O)Cl)ccc1NC(=O)c1ccc(Br)cn1. The summed E-state index contributed by atoms with van der Waals surface area (Å²) in [5, 5.41) is 2.67. The number of hydrogen-bond acceptors (Lipinski definition) is 4. The van der Waals surface area contributed by atoms with E-state index in [0.717, 1.165) is 4.47 Å². The Labute approximate surface area is 134 Å². The average molecular weight is 390 g/mol. The second-order valence-electron chi connectivity index (χ2n) is 4.23. The number of benzene rings is 1. The summed E-state index contributed by atoms with van der Waals surface area (Å²) in [7, 11) is 1.48. The summed E-state index contributed by atoms with van der Waals surface area (Å²) in [6, 6.07) is 7.50. The molecule has 2 rings (SSSR count). The smallest absolute Gasteiger partial charge is 0.274 e. The number of halogens is 2. The van der Waals surface area contributed by atoms with Gasteiger partial charge in [-0.2, -0.15) is 0 Å². The lowest BCUT2D eigenvalue weighted by Gasteiger charge is -2.09. The summed E-state index contributed by atoms with van der Waals surface area (Å²) in [6.45, 7) is 1.68. The van der Waals surface area contributed by atoms with E-state index in [2.05, 4.69) is 26.2 Å². The Bertz CT molecular complexity index is 792. The van der Waals surface area contributed by atoms with E-state index in [1.807, 2.05) is 0 Å². The van der Waals surface area contributed by atoms with Gasteiger partial charge in [0.2, 0.25) is 0 Å². The Morgan fingerprint density at radius 2 is 2.00 bits per heavy atom. The molecule has 0 unspecified atom stereocenters. The number of rotatable bonds is 3. The third-order valence-electron chi connectivity index (χ3n) is 2.69. The number of anilines is 1. The lowest BCUT2D eigenvalue weighted by Crippen LogP contribution is -2.14. The van der Waals surface area contributed by atoms with E-state index in [1.54, 1.807) is 19.1 Å². The van der Waals surface area contributed by atoms with Gasteiger partial charge in [-0.15, -0.1) is 0 Å². The largest absolute Gasteiger partial charge is 0.320 e. The van der Waals surface area contributed by atoms with Crippen LogP contribution in [0.4, 0.5) is 5.69 Å². The number of carbonyl (C=O) groups is 1. The molecule has 5 nitrogen and oxygen atoms in total. The van der Waals surface area contributed by atoms with Gasteiger partial charge in [-0.3, -0.25) is 4.79 Å². The molecule has 0 aliphatic rings. The fourth-order valence-electron chi connectivity index (χ4n) is 1.62. The Kier molecular flexibility index (Phi) is 4.65. The summed E-state index contributed by atoms with van der Waals surface area (Å²) >= 11 is 3.24. The number of aromatic nitrogens is 1. The third-order valence-corrected chi connectivity index (χ3v) is 4.51. The monoisotopic (exact) mass is 388 g/mol. The summed E-state index contributed by atoms with van der Waals surface area (Å²) in [5.74, 6) is -0.382. The highest BCUT2D eigenvalue weighted by Crippen LogP contribution is 2.22. The van der Waals surface area contributed by atoms with Crippen LogP contribution in [0, 0.1) is 6.92 Å². The Morgan fingerprint density at radius 3 is 2.52 bits per heavy atom. The first-order valence-electron chi connectivity index (χ1n) is 5.75. The molecule has 21 heavy (non-hydrogen) atoms. The van der Waals surface area contributed by atoms with E-state index in [1.165, 1.54) is 24.4 Å². The van der Waals surface area contributed by atoms with Crippen molar-refractivity contribution >= 4 is 47.3 Å². The quantitative estimate of drug-likeness (QED) is 0.817. The third kappa shape index (κ3) is 4.03. The number of nitrogens with zero attached hydrogens (tertiary/aromatic N) is 1. The summed E-state index contributed by atoms with van der Waals surface area (Å²) < 4.78 is 23.2. The van der Waals surface area contributed by atoms with E-state index in [0.29, 0.717) is 11.3 Å². The van der Waals surface area contributed by atoms with E-state index < -0.39 is 9.05 Å². The molecule has 1 N–H and O–H groups in total. The molecular formula is C13H10BrClN2O3S. The molecule has 1 aromatic heterocycles. The number of pyridine rings is 1. The van der Waals surface area contributed by atoms with Crippen LogP contribution in [0.1, 0.15) is 16.1 Å². The summed E-state index contributed by atoms with van der Waals surface area (Å²) in [4.78, 5) is 16.0. The molecule has 1 aromatic carbocycles. The second kappa shape index (κ2) is 6.13. The molecular weight excluding hydrogens is 380 g/mol. The molecule has 0 atom stereocenters. The zero-order valence-electron chi connectivity index (χ0n) is 10.8. The van der Waals surface area contributed by atoms with Crippen LogP contribution in [-0.2, 0) is 9.05 Å². The predicted molar refractivity (Wildman–Crippen MR) is 84.1 cm³/mol. The zero-order chi connectivity index (χ0) is 15.6. The standard InChI is InChI=1S/C13H10BrClN2O3S/c1-8-6-10(21(15,19)20)3-5-11(8)17-13(18)12-4-2-9(14)7-16-12/h2-7H,1H3,(H,17,18). The van der Waals surface area contributed by atoms with Crippen LogP contribution in [-0.4, -0.2) is 19.3 Å². The topological polar surface area (TPSA) is 76.1 Å². The van der Waals surface area contributed by atoms with Crippen molar-refractivity contribution in [2.75, 3.05) is 5.32 Å². The Balaban J connectivity index is 2.24. The second-order valence-corrected chi connectivity index (χ2v) is 7.71. The molecule has 0 aliphatic heterocycles. The minimum atomic E-state index is -3.79. The van der Waals surface area contributed by atoms with Crippen molar-refractivity contribution in [2.24, 2.45) is 0 Å². The molecule has 0 fully saturated rings. The maximum absolute atomic E-state index is 12.0. The molecule has 110 valence electrons. The lowest BCUT2D eigenvalue weighted by molar-refractivity contribution is 0.102. The van der Waals surface area contributed by atoms with Gasteiger partial charge in [-0.25, -0.2) is 13.4 Å². The fraction of sp³-hybridized carbons (Fsp3) is 0.0769. The van der Waals surface area contributed by atoms with Crippen LogP contribution in [0.15, 0.2) is 45.9 Å². The normalized spacial score (nSPS) is 11.2. The molecule has 8 heteroatoms. The maximum atomic E-state index is 12.0. The molecule has 0 saturated carbocycles. The molecule has 0 spiro atoms. The molecule has 0 saturated heterocycles. The Morgan fingerprint density at radius 1 is 1.29 bits per heavy atom. The lowest BCUT2D eigenvalue weighted by atomic mass is 10.2. The van der Waals surface area contributed by atoms with Crippen LogP contribution >= 0.6 is 26.6 Å². The molecule has 0 radical (unpaired) electrons. The highest BCUT2D eigenvalue weighted by atomic mass is 79.9. The molecule has 2 aromatic rings. The number of amides is 1. The van der Waals surface area contributed by atoms with E-state index >= 15 is 0 Å². The van der Waals surface area contributed by atoms with Crippen molar-refractivity contribution in [3.8, 4) is 0 Å². The van der Waals surface area contributed by atoms with Crippen molar-refractivity contribution < 1.29 is 13.2 Å². The fourth-order valence-corrected chi connectivity index (χ4v) is 2.70. The van der Waals surface area contributed by atoms with Crippen molar-refractivity contribution in [3.05, 3.63) is 52.3 Å². The van der Waals surface area contributed by atoms with Gasteiger partial charge in [0, 0.05) is 27.0 Å². The molecule has 0 aliphatic carbocycles. The van der Waals surface area contributed by atoms with Gasteiger partial charge in [0.05, 0.1) is 4.90 Å². The van der Waals surface area contributed by atoms with Gasteiger partial charge in [0.1, 0.15) is 5.69 Å². The first-order chi connectivity index (χ1) is 9.77. The van der Waals surface area contributed by atoms with E-state index in [-0.39, 0.29) is 16.5 Å². The molecule has 1 heterocycles. The van der Waals surface area contributed by atoms with E-state index in [9.17, 15) is 13.2 Å². The molecule has 1 amide bonds. The Hall–Kier alpha value is -1.44. The summed E-state index contributed by atoms with van der Waals surface area (Å²) in [5.41, 5.74) is 1.34. The summed E-state index contributed by atoms with van der Waals surface area (Å²) in [6.07, 6.45) is 1.52. The minimum absolute atomic E-state index is 0.0126. The molecule has 0 bridgehead atoms. The van der Waals surface area contributed by atoms with Gasteiger partial charge in [0.25, 0.3) is 15.0 Å². The van der Waals surface area contributed by atoms with Crippen LogP contribution in [0.2, 0.25) is 0 Å². The van der Waals surface area contributed by atoms with Crippen LogP contribution in [0.25, 0.3) is 0 Å². The van der Waals surface area contributed by atoms with Crippen LogP contribution < -0.4 is 5.32 Å². The number of carbonyl (C=O) groups excluding carboxylic acids is 1. The number of aryl methyl sites for hydroxylation is 1. The van der Waals surface area contributed by atoms with Crippen LogP contribution in [0.3, 0.4) is 0 Å².